The fourth-order valence-corrected chi connectivity index (χ4v) is 2.53. The normalized spacial score (nSPS) is 20.8. The second kappa shape index (κ2) is 9.73. The maximum absolute atomic E-state index is 12.3. The summed E-state index contributed by atoms with van der Waals surface area (Å²) in [5, 5.41) is 2.89. The minimum absolute atomic E-state index is 0.0676. The number of carbonyl (C=O) groups excluding carboxylic acids is 2. The highest BCUT2D eigenvalue weighted by Gasteiger charge is 2.37. The van der Waals surface area contributed by atoms with Crippen LogP contribution < -0.4 is 5.32 Å². The minimum atomic E-state index is -0.411. The third-order valence-electron chi connectivity index (χ3n) is 3.73. The minimum Gasteiger partial charge on any atom is -0.468 e. The highest BCUT2D eigenvalue weighted by Crippen LogP contribution is 2.17. The summed E-state index contributed by atoms with van der Waals surface area (Å²) in [5.74, 6) is -0.333. The summed E-state index contributed by atoms with van der Waals surface area (Å²) in [6, 6.07) is -0.775. The quantitative estimate of drug-likeness (QED) is 0.676. The number of unbranched alkanes of at least 4 members (excludes halogenated alkanes) is 1. The van der Waals surface area contributed by atoms with Crippen LogP contribution in [0.25, 0.3) is 0 Å². The van der Waals surface area contributed by atoms with Gasteiger partial charge >= 0.3 is 5.97 Å². The van der Waals surface area contributed by atoms with Gasteiger partial charge in [0.05, 0.1) is 20.3 Å². The summed E-state index contributed by atoms with van der Waals surface area (Å²) in [7, 11) is 1.40. The van der Waals surface area contributed by atoms with Gasteiger partial charge in [-0.1, -0.05) is 26.7 Å². The third kappa shape index (κ3) is 5.28. The molecular weight excluding hydrogens is 272 g/mol. The van der Waals surface area contributed by atoms with Gasteiger partial charge in [0.25, 0.3) is 0 Å². The molecule has 0 spiro atoms. The van der Waals surface area contributed by atoms with Crippen molar-refractivity contribution in [3.8, 4) is 0 Å². The van der Waals surface area contributed by atoms with E-state index in [0.717, 1.165) is 19.3 Å². The van der Waals surface area contributed by atoms with E-state index in [0.29, 0.717) is 32.7 Å². The molecule has 0 bridgehead atoms. The molecule has 2 atom stereocenters. The summed E-state index contributed by atoms with van der Waals surface area (Å²) in [5.41, 5.74) is 0. The van der Waals surface area contributed by atoms with Gasteiger partial charge in [-0.2, -0.15) is 0 Å². The topological polar surface area (TPSA) is 67.9 Å². The number of rotatable bonds is 8. The maximum Gasteiger partial charge on any atom is 0.323 e. The van der Waals surface area contributed by atoms with E-state index < -0.39 is 6.04 Å². The number of hydrogen-bond donors (Lipinski definition) is 1. The molecule has 1 rings (SSSR count). The second-order valence-electron chi connectivity index (χ2n) is 5.30. The molecule has 0 aromatic rings. The molecule has 1 aliphatic heterocycles. The van der Waals surface area contributed by atoms with Crippen molar-refractivity contribution in [2.45, 2.75) is 51.6 Å². The standard InChI is InChI=1S/C15H28N2O4/c1-4-6-7-12(15(19)20-3)17-9-10-21-11-13(17)14(18)16-8-5-2/h12-13H,4-11H2,1-3H3,(H,16,18). The van der Waals surface area contributed by atoms with Gasteiger partial charge in [-0.05, 0) is 12.8 Å². The second-order valence-corrected chi connectivity index (χ2v) is 5.30. The van der Waals surface area contributed by atoms with Crippen LogP contribution in [-0.2, 0) is 19.1 Å². The Bertz CT molecular complexity index is 336. The van der Waals surface area contributed by atoms with Gasteiger partial charge in [0.15, 0.2) is 0 Å². The highest BCUT2D eigenvalue weighted by molar-refractivity contribution is 5.83. The van der Waals surface area contributed by atoms with Crippen LogP contribution in [0.2, 0.25) is 0 Å². The zero-order chi connectivity index (χ0) is 15.7. The predicted molar refractivity (Wildman–Crippen MR) is 79.9 cm³/mol. The number of esters is 1. The van der Waals surface area contributed by atoms with E-state index in [1.165, 1.54) is 7.11 Å². The lowest BCUT2D eigenvalue weighted by Gasteiger charge is -2.38. The number of morpholine rings is 1. The van der Waals surface area contributed by atoms with Crippen molar-refractivity contribution >= 4 is 11.9 Å². The van der Waals surface area contributed by atoms with Gasteiger partial charge < -0.3 is 14.8 Å². The molecule has 0 aromatic heterocycles. The van der Waals surface area contributed by atoms with Crippen LogP contribution in [0.15, 0.2) is 0 Å². The summed E-state index contributed by atoms with van der Waals surface area (Å²) in [6.45, 7) is 6.17. The van der Waals surface area contributed by atoms with Crippen molar-refractivity contribution in [3.05, 3.63) is 0 Å². The molecule has 1 N–H and O–H groups in total. The van der Waals surface area contributed by atoms with Crippen molar-refractivity contribution in [2.24, 2.45) is 0 Å². The molecule has 21 heavy (non-hydrogen) atoms. The van der Waals surface area contributed by atoms with E-state index in [4.69, 9.17) is 9.47 Å². The molecule has 0 aliphatic carbocycles. The molecule has 1 saturated heterocycles. The van der Waals surface area contributed by atoms with Crippen molar-refractivity contribution in [2.75, 3.05) is 33.4 Å². The van der Waals surface area contributed by atoms with Crippen LogP contribution >= 0.6 is 0 Å². The average molecular weight is 300 g/mol. The monoisotopic (exact) mass is 300 g/mol. The van der Waals surface area contributed by atoms with Crippen LogP contribution in [0.4, 0.5) is 0 Å². The van der Waals surface area contributed by atoms with Crippen LogP contribution in [0.1, 0.15) is 39.5 Å². The fourth-order valence-electron chi connectivity index (χ4n) is 2.53. The molecule has 0 saturated carbocycles. The van der Waals surface area contributed by atoms with Crippen molar-refractivity contribution in [3.63, 3.8) is 0 Å². The number of methoxy groups -OCH3 is 1. The number of hydrogen-bond acceptors (Lipinski definition) is 5. The number of carbonyl (C=O) groups is 2. The Hall–Kier alpha value is -1.14. The molecule has 0 radical (unpaired) electrons. The largest absolute Gasteiger partial charge is 0.468 e. The van der Waals surface area contributed by atoms with Gasteiger partial charge in [0.1, 0.15) is 12.1 Å². The van der Waals surface area contributed by atoms with Crippen LogP contribution in [0, 0.1) is 0 Å². The Balaban J connectivity index is 2.79. The number of ether oxygens (including phenoxy) is 2. The van der Waals surface area contributed by atoms with Gasteiger partial charge in [0, 0.05) is 13.1 Å². The lowest BCUT2D eigenvalue weighted by molar-refractivity contribution is -0.154. The summed E-state index contributed by atoms with van der Waals surface area (Å²) in [6.07, 6.45) is 3.53. The van der Waals surface area contributed by atoms with Crippen LogP contribution in [0.3, 0.4) is 0 Å². The predicted octanol–water partition coefficient (Wildman–Crippen LogP) is 0.945. The van der Waals surface area contributed by atoms with Gasteiger partial charge in [0.2, 0.25) is 5.91 Å². The number of amides is 1. The van der Waals surface area contributed by atoms with Crippen LogP contribution in [0.5, 0.6) is 0 Å². The summed E-state index contributed by atoms with van der Waals surface area (Å²) in [4.78, 5) is 26.3. The van der Waals surface area contributed by atoms with E-state index in [-0.39, 0.29) is 17.9 Å². The van der Waals surface area contributed by atoms with E-state index in [1.54, 1.807) is 0 Å². The average Bonchev–Trinajstić information content (AvgIpc) is 2.53. The first kappa shape index (κ1) is 17.9. The smallest absolute Gasteiger partial charge is 0.323 e. The van der Waals surface area contributed by atoms with E-state index in [2.05, 4.69) is 12.2 Å². The van der Waals surface area contributed by atoms with E-state index in [9.17, 15) is 9.59 Å². The van der Waals surface area contributed by atoms with Crippen LogP contribution in [-0.4, -0.2) is 62.3 Å². The van der Waals surface area contributed by atoms with E-state index >= 15 is 0 Å². The maximum atomic E-state index is 12.3. The fraction of sp³-hybridized carbons (Fsp3) is 0.867. The molecule has 6 heteroatoms. The number of nitrogens with zero attached hydrogens (tertiary/aromatic N) is 1. The zero-order valence-corrected chi connectivity index (χ0v) is 13.4. The first-order valence-electron chi connectivity index (χ1n) is 7.84. The molecule has 1 amide bonds. The first-order chi connectivity index (χ1) is 10.2. The molecule has 0 aromatic carbocycles. The molecule has 1 heterocycles. The lowest BCUT2D eigenvalue weighted by Crippen LogP contribution is -2.59. The SMILES string of the molecule is CCCCC(C(=O)OC)N1CCOCC1C(=O)NCCC. The van der Waals surface area contributed by atoms with Gasteiger partial charge in [-0.25, -0.2) is 0 Å². The first-order valence-corrected chi connectivity index (χ1v) is 7.84. The molecule has 1 aliphatic rings. The van der Waals surface area contributed by atoms with Crippen molar-refractivity contribution < 1.29 is 19.1 Å². The Labute approximate surface area is 127 Å². The molecule has 122 valence electrons. The summed E-state index contributed by atoms with van der Waals surface area (Å²) < 4.78 is 10.3. The van der Waals surface area contributed by atoms with Crippen molar-refractivity contribution in [1.82, 2.24) is 10.2 Å². The molecular formula is C15H28N2O4. The molecule has 6 nitrogen and oxygen atoms in total. The molecule has 1 fully saturated rings. The highest BCUT2D eigenvalue weighted by atomic mass is 16.5. The van der Waals surface area contributed by atoms with Gasteiger partial charge in [-0.3, -0.25) is 14.5 Å². The Morgan fingerprint density at radius 1 is 1.38 bits per heavy atom. The Kier molecular flexibility index (Phi) is 8.30. The third-order valence-corrected chi connectivity index (χ3v) is 3.73. The lowest BCUT2D eigenvalue weighted by atomic mass is 10.0. The molecule has 2 unspecified atom stereocenters. The van der Waals surface area contributed by atoms with Crippen molar-refractivity contribution in [1.29, 1.82) is 0 Å². The van der Waals surface area contributed by atoms with E-state index in [1.807, 2.05) is 11.8 Å². The summed E-state index contributed by atoms with van der Waals surface area (Å²) >= 11 is 0. The zero-order valence-electron chi connectivity index (χ0n) is 13.4. The Morgan fingerprint density at radius 2 is 2.14 bits per heavy atom. The number of nitrogens with one attached hydrogen (secondary N) is 1. The van der Waals surface area contributed by atoms with Gasteiger partial charge in [-0.15, -0.1) is 0 Å². The Morgan fingerprint density at radius 3 is 2.76 bits per heavy atom.